The lowest BCUT2D eigenvalue weighted by atomic mass is 10.2. The Balaban J connectivity index is 2.26. The molecule has 2 aromatic rings. The zero-order valence-electron chi connectivity index (χ0n) is 10.3. The monoisotopic (exact) mass is 232 g/mol. The molecule has 5 heteroatoms. The predicted octanol–water partition coefficient (Wildman–Crippen LogP) is 1.64. The van der Waals surface area contributed by atoms with Gasteiger partial charge in [-0.2, -0.15) is 5.10 Å². The van der Waals surface area contributed by atoms with Crippen LogP contribution in [0.3, 0.4) is 0 Å². The average molecular weight is 232 g/mol. The van der Waals surface area contributed by atoms with Gasteiger partial charge >= 0.3 is 0 Å². The molecule has 90 valence electrons. The lowest BCUT2D eigenvalue weighted by Crippen LogP contribution is -2.07. The minimum Gasteiger partial charge on any atom is -0.454 e. The third-order valence-electron chi connectivity index (χ3n) is 2.36. The molecular formula is C12H16N4O. The predicted molar refractivity (Wildman–Crippen MR) is 65.0 cm³/mol. The van der Waals surface area contributed by atoms with Crippen LogP contribution >= 0.6 is 0 Å². The Morgan fingerprint density at radius 2 is 2.24 bits per heavy atom. The highest BCUT2D eigenvalue weighted by Gasteiger charge is 2.07. The van der Waals surface area contributed by atoms with E-state index in [1.165, 1.54) is 0 Å². The maximum atomic E-state index is 5.80. The van der Waals surface area contributed by atoms with E-state index >= 15 is 0 Å². The third-order valence-corrected chi connectivity index (χ3v) is 2.36. The Labute approximate surface area is 100 Å². The Bertz CT molecular complexity index is 507. The molecule has 1 N–H and O–H groups in total. The first kappa shape index (κ1) is 11.6. The van der Waals surface area contributed by atoms with Gasteiger partial charge in [0.2, 0.25) is 0 Å². The molecule has 0 unspecified atom stereocenters. The van der Waals surface area contributed by atoms with Gasteiger partial charge in [-0.25, -0.2) is 0 Å². The summed E-state index contributed by atoms with van der Waals surface area (Å²) < 4.78 is 7.51. The highest BCUT2D eigenvalue weighted by molar-refractivity contribution is 5.36. The van der Waals surface area contributed by atoms with Crippen molar-refractivity contribution in [1.29, 1.82) is 0 Å². The maximum absolute atomic E-state index is 5.80. The molecule has 0 aromatic carbocycles. The first-order valence-electron chi connectivity index (χ1n) is 5.45. The van der Waals surface area contributed by atoms with Gasteiger partial charge in [-0.3, -0.25) is 9.67 Å². The topological polar surface area (TPSA) is 52.0 Å². The van der Waals surface area contributed by atoms with Crippen LogP contribution in [0.15, 0.2) is 24.7 Å². The fraction of sp³-hybridized carbons (Fsp3) is 0.333. The van der Waals surface area contributed by atoms with E-state index in [1.54, 1.807) is 10.9 Å². The molecule has 0 atom stereocenters. The number of rotatable bonds is 4. The van der Waals surface area contributed by atoms with Gasteiger partial charge in [0, 0.05) is 37.1 Å². The zero-order chi connectivity index (χ0) is 12.3. The second-order valence-corrected chi connectivity index (χ2v) is 3.92. The van der Waals surface area contributed by atoms with Crippen molar-refractivity contribution >= 4 is 0 Å². The third kappa shape index (κ3) is 2.82. The van der Waals surface area contributed by atoms with E-state index in [0.717, 1.165) is 29.3 Å². The van der Waals surface area contributed by atoms with Crippen molar-refractivity contribution in [3.63, 3.8) is 0 Å². The fourth-order valence-electron chi connectivity index (χ4n) is 1.56. The minimum absolute atomic E-state index is 0.725. The smallest absolute Gasteiger partial charge is 0.165 e. The van der Waals surface area contributed by atoms with Crippen LogP contribution in [-0.2, 0) is 13.6 Å². The number of pyridine rings is 1. The summed E-state index contributed by atoms with van der Waals surface area (Å²) in [5.41, 5.74) is 1.96. The molecule has 0 saturated heterocycles. The summed E-state index contributed by atoms with van der Waals surface area (Å²) in [6.07, 6.45) is 5.36. The van der Waals surface area contributed by atoms with Crippen LogP contribution in [-0.4, -0.2) is 21.8 Å². The van der Waals surface area contributed by atoms with Gasteiger partial charge in [-0.15, -0.1) is 0 Å². The van der Waals surface area contributed by atoms with Crippen molar-refractivity contribution in [3.05, 3.63) is 35.9 Å². The Morgan fingerprint density at radius 1 is 1.41 bits per heavy atom. The van der Waals surface area contributed by atoms with Gasteiger partial charge in [0.15, 0.2) is 5.75 Å². The van der Waals surface area contributed by atoms with Gasteiger partial charge in [-0.1, -0.05) is 0 Å². The molecule has 0 aliphatic carbocycles. The van der Waals surface area contributed by atoms with E-state index in [2.05, 4.69) is 15.4 Å². The second kappa shape index (κ2) is 4.97. The van der Waals surface area contributed by atoms with E-state index in [1.807, 2.05) is 39.5 Å². The summed E-state index contributed by atoms with van der Waals surface area (Å²) in [7, 11) is 3.76. The molecular weight excluding hydrogens is 216 g/mol. The van der Waals surface area contributed by atoms with Crippen molar-refractivity contribution < 1.29 is 4.74 Å². The van der Waals surface area contributed by atoms with E-state index in [9.17, 15) is 0 Å². The largest absolute Gasteiger partial charge is 0.454 e. The quantitative estimate of drug-likeness (QED) is 0.870. The summed E-state index contributed by atoms with van der Waals surface area (Å²) in [6.45, 7) is 2.67. The molecule has 0 aliphatic heterocycles. The molecule has 2 rings (SSSR count). The van der Waals surface area contributed by atoms with Gasteiger partial charge in [0.05, 0.1) is 12.4 Å². The molecule has 0 radical (unpaired) electrons. The Morgan fingerprint density at radius 3 is 2.88 bits per heavy atom. The minimum atomic E-state index is 0.725. The van der Waals surface area contributed by atoms with E-state index in [-0.39, 0.29) is 0 Å². The molecule has 17 heavy (non-hydrogen) atoms. The van der Waals surface area contributed by atoms with Crippen LogP contribution in [0.5, 0.6) is 11.5 Å². The van der Waals surface area contributed by atoms with Gasteiger partial charge < -0.3 is 10.1 Å². The first-order chi connectivity index (χ1) is 8.19. The Kier molecular flexibility index (Phi) is 3.39. The highest BCUT2D eigenvalue weighted by atomic mass is 16.5. The zero-order valence-corrected chi connectivity index (χ0v) is 10.3. The summed E-state index contributed by atoms with van der Waals surface area (Å²) in [5, 5.41) is 7.17. The normalized spacial score (nSPS) is 10.5. The maximum Gasteiger partial charge on any atom is 0.165 e. The van der Waals surface area contributed by atoms with Crippen molar-refractivity contribution in [2.75, 3.05) is 7.05 Å². The number of aromatic nitrogens is 3. The molecule has 0 bridgehead atoms. The van der Waals surface area contributed by atoms with Crippen LogP contribution in [0.1, 0.15) is 11.3 Å². The number of hydrogen-bond donors (Lipinski definition) is 1. The van der Waals surface area contributed by atoms with Crippen molar-refractivity contribution in [2.24, 2.45) is 7.05 Å². The van der Waals surface area contributed by atoms with Crippen LogP contribution in [0.4, 0.5) is 0 Å². The lowest BCUT2D eigenvalue weighted by Gasteiger charge is -2.09. The van der Waals surface area contributed by atoms with Crippen molar-refractivity contribution in [3.8, 4) is 11.5 Å². The van der Waals surface area contributed by atoms with E-state index in [0.29, 0.717) is 0 Å². The molecule has 0 amide bonds. The summed E-state index contributed by atoms with van der Waals surface area (Å²) >= 11 is 0. The fourth-order valence-corrected chi connectivity index (χ4v) is 1.56. The summed E-state index contributed by atoms with van der Waals surface area (Å²) in [4.78, 5) is 4.26. The van der Waals surface area contributed by atoms with Gasteiger partial charge in [0.25, 0.3) is 0 Å². The van der Waals surface area contributed by atoms with Crippen molar-refractivity contribution in [2.45, 2.75) is 13.5 Å². The second-order valence-electron chi connectivity index (χ2n) is 3.92. The summed E-state index contributed by atoms with van der Waals surface area (Å²) in [5.74, 6) is 1.55. The van der Waals surface area contributed by atoms with Gasteiger partial charge in [-0.05, 0) is 14.0 Å². The SMILES string of the molecule is CNCc1cnc(C)cc1Oc1cnn(C)c1. The number of ether oxygens (including phenoxy) is 1. The number of hydrogen-bond acceptors (Lipinski definition) is 4. The average Bonchev–Trinajstić information content (AvgIpc) is 2.68. The molecule has 0 spiro atoms. The van der Waals surface area contributed by atoms with Crippen LogP contribution < -0.4 is 10.1 Å². The van der Waals surface area contributed by atoms with E-state index in [4.69, 9.17) is 4.74 Å². The summed E-state index contributed by atoms with van der Waals surface area (Å²) in [6, 6.07) is 1.93. The number of nitrogens with zero attached hydrogens (tertiary/aromatic N) is 3. The van der Waals surface area contributed by atoms with E-state index < -0.39 is 0 Å². The molecule has 0 aliphatic rings. The van der Waals surface area contributed by atoms with Crippen LogP contribution in [0, 0.1) is 6.92 Å². The standard InChI is InChI=1S/C12H16N4O/c1-9-4-12(10(5-13-2)6-14-9)17-11-7-15-16(3)8-11/h4,6-8,13H,5H2,1-3H3. The molecule has 5 nitrogen and oxygen atoms in total. The van der Waals surface area contributed by atoms with Gasteiger partial charge in [0.1, 0.15) is 5.75 Å². The van der Waals surface area contributed by atoms with Crippen LogP contribution in [0.25, 0.3) is 0 Å². The molecule has 2 heterocycles. The molecule has 0 saturated carbocycles. The Hall–Kier alpha value is -1.88. The van der Waals surface area contributed by atoms with Crippen LogP contribution in [0.2, 0.25) is 0 Å². The van der Waals surface area contributed by atoms with Crippen molar-refractivity contribution in [1.82, 2.24) is 20.1 Å². The highest BCUT2D eigenvalue weighted by Crippen LogP contribution is 2.24. The molecule has 0 fully saturated rings. The number of aryl methyl sites for hydroxylation is 2. The first-order valence-corrected chi connectivity index (χ1v) is 5.45. The number of nitrogens with one attached hydrogen (secondary N) is 1. The lowest BCUT2D eigenvalue weighted by molar-refractivity contribution is 0.472. The molecule has 2 aromatic heterocycles.